The molecule has 3 N–H and O–H groups in total. The number of ether oxygens (including phenoxy) is 1. The van der Waals surface area contributed by atoms with Gasteiger partial charge in [-0.15, -0.1) is 0 Å². The number of rotatable bonds is 9. The highest BCUT2D eigenvalue weighted by Gasteiger charge is 2.23. The molecule has 1 aromatic carbocycles. The summed E-state index contributed by atoms with van der Waals surface area (Å²) in [6, 6.07) is 4.56. The van der Waals surface area contributed by atoms with Crippen LogP contribution in [0.15, 0.2) is 23.1 Å². The van der Waals surface area contributed by atoms with Crippen molar-refractivity contribution in [1.82, 2.24) is 15.4 Å². The van der Waals surface area contributed by atoms with Crippen LogP contribution in [0.25, 0.3) is 0 Å². The number of hydrogen-bond acceptors (Lipinski definition) is 5. The van der Waals surface area contributed by atoms with E-state index in [4.69, 9.17) is 4.74 Å². The minimum Gasteiger partial charge on any atom is -0.383 e. The van der Waals surface area contributed by atoms with Crippen LogP contribution in [0.1, 0.15) is 36.7 Å². The number of carbonyl (C=O) groups is 1. The van der Waals surface area contributed by atoms with Gasteiger partial charge in [0, 0.05) is 37.8 Å². The van der Waals surface area contributed by atoms with Crippen LogP contribution in [-0.4, -0.2) is 53.2 Å². The highest BCUT2D eigenvalue weighted by Crippen LogP contribution is 2.17. The van der Waals surface area contributed by atoms with Gasteiger partial charge in [0.2, 0.25) is 10.0 Å². The predicted molar refractivity (Wildman–Crippen MR) is 98.3 cm³/mol. The van der Waals surface area contributed by atoms with Crippen molar-refractivity contribution in [3.8, 4) is 0 Å². The molecule has 0 saturated heterocycles. The average Bonchev–Trinajstić information content (AvgIpc) is 2.48. The molecule has 1 amide bonds. The molecular formula is C17H29N3O4S. The van der Waals surface area contributed by atoms with Gasteiger partial charge in [0.1, 0.15) is 0 Å². The number of amides is 1. The van der Waals surface area contributed by atoms with Gasteiger partial charge in [-0.1, -0.05) is 6.07 Å². The number of carbonyl (C=O) groups excluding carboxylic acids is 1. The molecule has 0 saturated carbocycles. The Kier molecular flexibility index (Phi) is 8.01. The van der Waals surface area contributed by atoms with Crippen LogP contribution in [0.3, 0.4) is 0 Å². The molecular weight excluding hydrogens is 342 g/mol. The Bertz CT molecular complexity index is 682. The van der Waals surface area contributed by atoms with Gasteiger partial charge in [-0.3, -0.25) is 4.79 Å². The lowest BCUT2D eigenvalue weighted by atomic mass is 10.1. The lowest BCUT2D eigenvalue weighted by Gasteiger charge is -2.20. The van der Waals surface area contributed by atoms with Gasteiger partial charge in [0.25, 0.3) is 5.91 Å². The second-order valence-corrected chi connectivity index (χ2v) is 8.51. The zero-order valence-electron chi connectivity index (χ0n) is 15.6. The van der Waals surface area contributed by atoms with E-state index in [1.165, 1.54) is 12.1 Å². The first-order valence-corrected chi connectivity index (χ1v) is 9.67. The maximum Gasteiger partial charge on any atom is 0.251 e. The first kappa shape index (κ1) is 21.6. The molecule has 142 valence electrons. The zero-order chi connectivity index (χ0) is 19.1. The molecule has 0 aliphatic heterocycles. The fraction of sp³-hybridized carbons (Fsp3) is 0.588. The summed E-state index contributed by atoms with van der Waals surface area (Å²) in [5, 5.41) is 5.91. The topological polar surface area (TPSA) is 96.5 Å². The lowest BCUT2D eigenvalue weighted by Crippen LogP contribution is -2.40. The summed E-state index contributed by atoms with van der Waals surface area (Å²) in [4.78, 5) is 12.4. The summed E-state index contributed by atoms with van der Waals surface area (Å²) in [6.07, 6.45) is 0. The molecule has 0 aliphatic carbocycles. The Labute approximate surface area is 150 Å². The molecule has 8 heteroatoms. The van der Waals surface area contributed by atoms with E-state index in [2.05, 4.69) is 15.4 Å². The molecule has 0 aromatic heterocycles. The van der Waals surface area contributed by atoms with Gasteiger partial charge in [-0.25, -0.2) is 13.1 Å². The Morgan fingerprint density at radius 1 is 1.16 bits per heavy atom. The van der Waals surface area contributed by atoms with Crippen molar-refractivity contribution in [2.75, 3.05) is 33.4 Å². The summed E-state index contributed by atoms with van der Waals surface area (Å²) in [6.45, 7) is 9.44. The Morgan fingerprint density at radius 2 is 1.84 bits per heavy atom. The van der Waals surface area contributed by atoms with Gasteiger partial charge < -0.3 is 15.4 Å². The maximum absolute atomic E-state index is 12.4. The van der Waals surface area contributed by atoms with Crippen LogP contribution in [0, 0.1) is 6.92 Å². The highest BCUT2D eigenvalue weighted by molar-refractivity contribution is 7.89. The van der Waals surface area contributed by atoms with Crippen molar-refractivity contribution >= 4 is 15.9 Å². The number of nitrogens with one attached hydrogen (secondary N) is 3. The van der Waals surface area contributed by atoms with E-state index in [0.717, 1.165) is 5.56 Å². The normalized spacial score (nSPS) is 12.2. The summed E-state index contributed by atoms with van der Waals surface area (Å²) < 4.78 is 32.4. The number of benzene rings is 1. The average molecular weight is 372 g/mol. The van der Waals surface area contributed by atoms with Crippen LogP contribution in [-0.2, 0) is 14.8 Å². The van der Waals surface area contributed by atoms with Crippen molar-refractivity contribution in [1.29, 1.82) is 0 Å². The van der Waals surface area contributed by atoms with Crippen molar-refractivity contribution in [2.24, 2.45) is 0 Å². The van der Waals surface area contributed by atoms with Gasteiger partial charge in [-0.05, 0) is 45.4 Å². The van der Waals surface area contributed by atoms with Crippen LogP contribution >= 0.6 is 0 Å². The van der Waals surface area contributed by atoms with Crippen molar-refractivity contribution in [3.05, 3.63) is 29.3 Å². The third-order valence-electron chi connectivity index (χ3n) is 3.27. The molecule has 25 heavy (non-hydrogen) atoms. The molecule has 7 nitrogen and oxygen atoms in total. The lowest BCUT2D eigenvalue weighted by molar-refractivity contribution is 0.0953. The molecule has 0 unspecified atom stereocenters. The van der Waals surface area contributed by atoms with Gasteiger partial charge in [0.15, 0.2) is 0 Å². The van der Waals surface area contributed by atoms with E-state index >= 15 is 0 Å². The Hall–Kier alpha value is -1.48. The van der Waals surface area contributed by atoms with E-state index in [0.29, 0.717) is 31.8 Å². The number of aryl methyl sites for hydroxylation is 1. The van der Waals surface area contributed by atoms with Crippen molar-refractivity contribution < 1.29 is 17.9 Å². The molecule has 1 aromatic rings. The third kappa shape index (κ3) is 7.52. The minimum absolute atomic E-state index is 0.0800. The molecule has 0 fully saturated rings. The monoisotopic (exact) mass is 371 g/mol. The SMILES string of the molecule is COCCNCCNC(=O)c1cc(S(=O)(=O)NC(C)(C)C)ccc1C. The highest BCUT2D eigenvalue weighted by atomic mass is 32.2. The summed E-state index contributed by atoms with van der Waals surface area (Å²) >= 11 is 0. The molecule has 0 heterocycles. The van der Waals surface area contributed by atoms with E-state index in [1.54, 1.807) is 40.9 Å². The molecule has 0 spiro atoms. The first-order valence-electron chi connectivity index (χ1n) is 8.19. The maximum atomic E-state index is 12.4. The quantitative estimate of drug-likeness (QED) is 0.564. The predicted octanol–water partition coefficient (Wildman–Crippen LogP) is 1.04. The van der Waals surface area contributed by atoms with E-state index < -0.39 is 15.6 Å². The Morgan fingerprint density at radius 3 is 2.44 bits per heavy atom. The zero-order valence-corrected chi connectivity index (χ0v) is 16.4. The van der Waals surface area contributed by atoms with Gasteiger partial charge >= 0.3 is 0 Å². The smallest absolute Gasteiger partial charge is 0.251 e. The fourth-order valence-corrected chi connectivity index (χ4v) is 3.58. The molecule has 0 bridgehead atoms. The van der Waals surface area contributed by atoms with Crippen LogP contribution < -0.4 is 15.4 Å². The second-order valence-electron chi connectivity index (χ2n) is 6.83. The third-order valence-corrected chi connectivity index (χ3v) is 5.03. The van der Waals surface area contributed by atoms with E-state index in [1.807, 2.05) is 0 Å². The van der Waals surface area contributed by atoms with Gasteiger partial charge in [0.05, 0.1) is 11.5 Å². The molecule has 0 radical (unpaired) electrons. The molecule has 1 rings (SSSR count). The fourth-order valence-electron chi connectivity index (χ4n) is 2.13. The number of hydrogen-bond donors (Lipinski definition) is 3. The van der Waals surface area contributed by atoms with Gasteiger partial charge in [-0.2, -0.15) is 0 Å². The Balaban J connectivity index is 2.79. The van der Waals surface area contributed by atoms with Crippen LogP contribution in [0.4, 0.5) is 0 Å². The second kappa shape index (κ2) is 9.28. The van der Waals surface area contributed by atoms with Crippen LogP contribution in [0.2, 0.25) is 0 Å². The van der Waals surface area contributed by atoms with Crippen LogP contribution in [0.5, 0.6) is 0 Å². The molecule has 0 aliphatic rings. The van der Waals surface area contributed by atoms with Crippen molar-refractivity contribution in [2.45, 2.75) is 38.1 Å². The summed E-state index contributed by atoms with van der Waals surface area (Å²) in [5.74, 6) is -0.293. The summed E-state index contributed by atoms with van der Waals surface area (Å²) in [5.41, 5.74) is 0.480. The number of sulfonamides is 1. The first-order chi connectivity index (χ1) is 11.6. The number of methoxy groups -OCH3 is 1. The largest absolute Gasteiger partial charge is 0.383 e. The molecule has 0 atom stereocenters. The van der Waals surface area contributed by atoms with E-state index in [-0.39, 0.29) is 10.8 Å². The van der Waals surface area contributed by atoms with E-state index in [9.17, 15) is 13.2 Å². The van der Waals surface area contributed by atoms with Crippen molar-refractivity contribution in [3.63, 3.8) is 0 Å². The standard InChI is InChI=1S/C17H29N3O4S/c1-13-6-7-14(25(22,23)20-17(2,3)4)12-15(13)16(21)19-9-8-18-10-11-24-5/h6-7,12,18,20H,8-11H2,1-5H3,(H,19,21). The minimum atomic E-state index is -3.68. The summed E-state index contributed by atoms with van der Waals surface area (Å²) in [7, 11) is -2.06.